The van der Waals surface area contributed by atoms with Crippen LogP contribution in [0.15, 0.2) is 0 Å². The van der Waals surface area contributed by atoms with E-state index in [0.29, 0.717) is 25.0 Å². The molecule has 0 heterocycles. The van der Waals surface area contributed by atoms with Gasteiger partial charge in [0.15, 0.2) is 0 Å². The predicted octanol–water partition coefficient (Wildman–Crippen LogP) is 3.17. The standard InChI is InChI=1S/C4H8Cl2O.4ClH/c5-1-3-7-4-2-6;;;;/h1-4H2;4*1H. The van der Waals surface area contributed by atoms with Gasteiger partial charge in [0.1, 0.15) is 0 Å². The van der Waals surface area contributed by atoms with Crippen LogP contribution in [0.25, 0.3) is 0 Å². The average Bonchev–Trinajstić information content (AvgIpc) is 1.69. The molecule has 0 aromatic rings. The Morgan fingerprint density at radius 3 is 1.18 bits per heavy atom. The highest BCUT2D eigenvalue weighted by molar-refractivity contribution is 6.18. The maximum absolute atomic E-state index is 5.27. The molecule has 0 amide bonds. The highest BCUT2D eigenvalue weighted by atomic mass is 35.5. The second-order valence-corrected chi connectivity index (χ2v) is 1.75. The van der Waals surface area contributed by atoms with Crippen LogP contribution in [0.1, 0.15) is 0 Å². The van der Waals surface area contributed by atoms with Gasteiger partial charge in [-0.15, -0.1) is 72.8 Å². The second kappa shape index (κ2) is 29.8. The first-order chi connectivity index (χ1) is 3.41. The monoisotopic (exact) mass is 286 g/mol. The summed E-state index contributed by atoms with van der Waals surface area (Å²) in [6.45, 7) is 1.21. The summed E-state index contributed by atoms with van der Waals surface area (Å²) in [5, 5.41) is 0. The third kappa shape index (κ3) is 33.9. The van der Waals surface area contributed by atoms with Crippen LogP contribution < -0.4 is 0 Å². The van der Waals surface area contributed by atoms with Crippen molar-refractivity contribution in [3.8, 4) is 0 Å². The third-order valence-electron chi connectivity index (χ3n) is 0.443. The van der Waals surface area contributed by atoms with E-state index in [9.17, 15) is 0 Å². The molecule has 0 unspecified atom stereocenters. The van der Waals surface area contributed by atoms with Gasteiger partial charge in [-0.1, -0.05) is 0 Å². The zero-order chi connectivity index (χ0) is 5.54. The van der Waals surface area contributed by atoms with Crippen LogP contribution in [0, 0.1) is 0 Å². The Balaban J connectivity index is -0.0000000300. The molecule has 1 nitrogen and oxygen atoms in total. The van der Waals surface area contributed by atoms with Gasteiger partial charge < -0.3 is 4.74 Å². The summed E-state index contributed by atoms with van der Waals surface area (Å²) in [4.78, 5) is 0. The first-order valence-corrected chi connectivity index (χ1v) is 3.18. The van der Waals surface area contributed by atoms with E-state index in [4.69, 9.17) is 27.9 Å². The van der Waals surface area contributed by atoms with Crippen molar-refractivity contribution in [1.29, 1.82) is 0 Å². The molecule has 76 valence electrons. The van der Waals surface area contributed by atoms with Crippen LogP contribution in [0.5, 0.6) is 0 Å². The predicted molar refractivity (Wildman–Crippen MR) is 61.3 cm³/mol. The van der Waals surface area contributed by atoms with Gasteiger partial charge in [0.25, 0.3) is 0 Å². The molecule has 0 aromatic carbocycles. The first kappa shape index (κ1) is 29.3. The van der Waals surface area contributed by atoms with E-state index in [-0.39, 0.29) is 49.6 Å². The lowest BCUT2D eigenvalue weighted by Gasteiger charge is -1.93. The van der Waals surface area contributed by atoms with Crippen molar-refractivity contribution in [2.24, 2.45) is 0 Å². The molecule has 0 saturated heterocycles. The fourth-order valence-corrected chi connectivity index (χ4v) is 0.429. The van der Waals surface area contributed by atoms with Crippen molar-refractivity contribution >= 4 is 72.8 Å². The number of alkyl halides is 2. The number of ether oxygens (including phenoxy) is 1. The summed E-state index contributed by atoms with van der Waals surface area (Å²) in [7, 11) is 0. The molecule has 0 spiro atoms. The van der Waals surface area contributed by atoms with Gasteiger partial charge in [0, 0.05) is 11.8 Å². The molecule has 0 saturated carbocycles. The summed E-state index contributed by atoms with van der Waals surface area (Å²) in [5.74, 6) is 1.10. The van der Waals surface area contributed by atoms with Crippen molar-refractivity contribution in [1.82, 2.24) is 0 Å². The van der Waals surface area contributed by atoms with Gasteiger partial charge in [-0.05, 0) is 0 Å². The SMILES string of the molecule is Cl.Cl.Cl.Cl.ClCCOCCCl. The highest BCUT2D eigenvalue weighted by Crippen LogP contribution is 1.80. The minimum Gasteiger partial charge on any atom is -0.379 e. The highest BCUT2D eigenvalue weighted by Gasteiger charge is 1.80. The molecule has 0 radical (unpaired) electrons. The summed E-state index contributed by atoms with van der Waals surface area (Å²) in [6.07, 6.45) is 0. The van der Waals surface area contributed by atoms with E-state index >= 15 is 0 Å². The third-order valence-corrected chi connectivity index (χ3v) is 0.752. The summed E-state index contributed by atoms with van der Waals surface area (Å²) in [6, 6.07) is 0. The van der Waals surface area contributed by atoms with E-state index in [1.165, 1.54) is 0 Å². The van der Waals surface area contributed by atoms with E-state index in [1.807, 2.05) is 0 Å². The molecule has 0 N–H and O–H groups in total. The van der Waals surface area contributed by atoms with Crippen LogP contribution >= 0.6 is 72.8 Å². The molecular weight excluding hydrogens is 277 g/mol. The van der Waals surface area contributed by atoms with Crippen LogP contribution in [-0.4, -0.2) is 25.0 Å². The lowest BCUT2D eigenvalue weighted by atomic mass is 10.8. The molecule has 11 heavy (non-hydrogen) atoms. The minimum atomic E-state index is 0. The Kier molecular flexibility index (Phi) is 79.5. The summed E-state index contributed by atoms with van der Waals surface area (Å²) < 4.78 is 4.87. The fraction of sp³-hybridized carbons (Fsp3) is 1.00. The number of rotatable bonds is 4. The van der Waals surface area contributed by atoms with Crippen LogP contribution in [-0.2, 0) is 4.74 Å². The van der Waals surface area contributed by atoms with Crippen molar-refractivity contribution in [3.05, 3.63) is 0 Å². The van der Waals surface area contributed by atoms with Crippen molar-refractivity contribution in [2.45, 2.75) is 0 Å². The van der Waals surface area contributed by atoms with Gasteiger partial charge in [-0.25, -0.2) is 0 Å². The molecule has 0 aliphatic rings. The lowest BCUT2D eigenvalue weighted by Crippen LogP contribution is -1.97. The molecule has 7 heteroatoms. The summed E-state index contributed by atoms with van der Waals surface area (Å²) in [5.41, 5.74) is 0. The maximum Gasteiger partial charge on any atom is 0.0602 e. The van der Waals surface area contributed by atoms with Gasteiger partial charge in [-0.2, -0.15) is 0 Å². The molecule has 0 bridgehead atoms. The normalized spacial score (nSPS) is 6.00. The average molecular weight is 289 g/mol. The van der Waals surface area contributed by atoms with Crippen molar-refractivity contribution in [2.75, 3.05) is 25.0 Å². The smallest absolute Gasteiger partial charge is 0.0602 e. The van der Waals surface area contributed by atoms with Crippen LogP contribution in [0.2, 0.25) is 0 Å². The molecule has 0 atom stereocenters. The van der Waals surface area contributed by atoms with Crippen molar-refractivity contribution in [3.63, 3.8) is 0 Å². The van der Waals surface area contributed by atoms with Crippen LogP contribution in [0.4, 0.5) is 0 Å². The number of halogens is 6. The Labute approximate surface area is 102 Å². The Hall–Kier alpha value is 1.70. The van der Waals surface area contributed by atoms with Gasteiger partial charge in [-0.3, -0.25) is 0 Å². The topological polar surface area (TPSA) is 9.23 Å². The number of hydrogen-bond acceptors (Lipinski definition) is 1. The first-order valence-electron chi connectivity index (χ1n) is 2.11. The zero-order valence-corrected chi connectivity index (χ0v) is 10.4. The van der Waals surface area contributed by atoms with Gasteiger partial charge in [0.2, 0.25) is 0 Å². The zero-order valence-electron chi connectivity index (χ0n) is 5.63. The molecule has 0 aliphatic carbocycles. The van der Waals surface area contributed by atoms with E-state index in [0.717, 1.165) is 0 Å². The lowest BCUT2D eigenvalue weighted by molar-refractivity contribution is 0.165. The molecule has 0 rings (SSSR count). The molecule has 0 aliphatic heterocycles. The largest absolute Gasteiger partial charge is 0.379 e. The Morgan fingerprint density at radius 1 is 0.727 bits per heavy atom. The molecular formula is C4H12Cl6O. The second-order valence-electron chi connectivity index (χ2n) is 0.990. The fourth-order valence-electron chi connectivity index (χ4n) is 0.211. The van der Waals surface area contributed by atoms with Gasteiger partial charge >= 0.3 is 0 Å². The van der Waals surface area contributed by atoms with E-state index < -0.39 is 0 Å². The maximum atomic E-state index is 5.27. The minimum absolute atomic E-state index is 0. The van der Waals surface area contributed by atoms with Gasteiger partial charge in [0.05, 0.1) is 13.2 Å². The molecule has 0 aromatic heterocycles. The van der Waals surface area contributed by atoms with E-state index in [2.05, 4.69) is 0 Å². The summed E-state index contributed by atoms with van der Waals surface area (Å²) >= 11 is 10.5. The Bertz CT molecular complexity index is 33.8. The van der Waals surface area contributed by atoms with E-state index in [1.54, 1.807) is 0 Å². The number of hydrogen-bond donors (Lipinski definition) is 0. The molecule has 0 fully saturated rings. The van der Waals surface area contributed by atoms with Crippen molar-refractivity contribution < 1.29 is 4.74 Å². The van der Waals surface area contributed by atoms with Crippen LogP contribution in [0.3, 0.4) is 0 Å². The quantitative estimate of drug-likeness (QED) is 0.570. The Morgan fingerprint density at radius 2 is 1.00 bits per heavy atom.